The van der Waals surface area contributed by atoms with E-state index in [1.807, 2.05) is 29.9 Å². The van der Waals surface area contributed by atoms with Gasteiger partial charge in [0, 0.05) is 39.5 Å². The maximum absolute atomic E-state index is 5.96. The van der Waals surface area contributed by atoms with Crippen molar-refractivity contribution >= 4 is 5.96 Å². The number of aromatic nitrogens is 2. The van der Waals surface area contributed by atoms with Crippen molar-refractivity contribution in [1.82, 2.24) is 20.0 Å². The van der Waals surface area contributed by atoms with Crippen molar-refractivity contribution in [3.63, 3.8) is 0 Å². The van der Waals surface area contributed by atoms with Crippen molar-refractivity contribution in [3.05, 3.63) is 47.8 Å². The zero-order valence-electron chi connectivity index (χ0n) is 18.1. The third-order valence-electron chi connectivity index (χ3n) is 5.91. The Morgan fingerprint density at radius 1 is 1.20 bits per heavy atom. The van der Waals surface area contributed by atoms with E-state index in [0.717, 1.165) is 75.9 Å². The molecule has 1 N–H and O–H groups in total. The van der Waals surface area contributed by atoms with E-state index in [4.69, 9.17) is 9.47 Å². The van der Waals surface area contributed by atoms with E-state index < -0.39 is 0 Å². The highest BCUT2D eigenvalue weighted by Crippen LogP contribution is 2.21. The number of aryl methyl sites for hydroxylation is 2. The zero-order valence-corrected chi connectivity index (χ0v) is 18.1. The van der Waals surface area contributed by atoms with Gasteiger partial charge in [-0.2, -0.15) is 5.10 Å². The average molecular weight is 412 g/mol. The van der Waals surface area contributed by atoms with Crippen LogP contribution in [0.1, 0.15) is 30.5 Å². The van der Waals surface area contributed by atoms with E-state index in [0.29, 0.717) is 0 Å². The van der Waals surface area contributed by atoms with Gasteiger partial charge >= 0.3 is 0 Å². The van der Waals surface area contributed by atoms with Crippen LogP contribution in [0.25, 0.3) is 5.69 Å². The number of para-hydroxylation sites is 1. The van der Waals surface area contributed by atoms with Gasteiger partial charge in [-0.15, -0.1) is 0 Å². The summed E-state index contributed by atoms with van der Waals surface area (Å²) in [6.07, 6.45) is 6.78. The van der Waals surface area contributed by atoms with Crippen LogP contribution in [0.5, 0.6) is 0 Å². The van der Waals surface area contributed by atoms with Gasteiger partial charge in [0.25, 0.3) is 0 Å². The van der Waals surface area contributed by atoms with Gasteiger partial charge in [-0.05, 0) is 50.3 Å². The van der Waals surface area contributed by atoms with Crippen molar-refractivity contribution in [3.8, 4) is 5.69 Å². The van der Waals surface area contributed by atoms with Gasteiger partial charge in [0.2, 0.25) is 0 Å². The highest BCUT2D eigenvalue weighted by atomic mass is 16.5. The lowest BCUT2D eigenvalue weighted by Gasteiger charge is -2.37. The first-order valence-electron chi connectivity index (χ1n) is 11.0. The molecule has 3 heterocycles. The Morgan fingerprint density at radius 3 is 2.80 bits per heavy atom. The minimum atomic E-state index is 0.145. The standard InChI is InChI=1S/C23H33N5O2/c1-18-19(16-28(26-18)20-9-4-3-5-10-20)8-6-12-25-23(24-2)27-13-15-30-22(17-27)21-11-7-14-29-21/h3-5,9-10,16,21-22H,6-8,11-15,17H2,1-2H3,(H,24,25). The molecule has 1 aromatic carbocycles. The molecule has 2 saturated heterocycles. The third kappa shape index (κ3) is 5.02. The molecule has 1 aromatic heterocycles. The first-order valence-corrected chi connectivity index (χ1v) is 11.0. The maximum atomic E-state index is 5.96. The van der Waals surface area contributed by atoms with Crippen molar-refractivity contribution in [2.45, 2.75) is 44.8 Å². The minimum absolute atomic E-state index is 0.145. The summed E-state index contributed by atoms with van der Waals surface area (Å²) < 4.78 is 13.8. The summed E-state index contributed by atoms with van der Waals surface area (Å²) in [5.41, 5.74) is 3.48. The van der Waals surface area contributed by atoms with Crippen molar-refractivity contribution in [2.75, 3.05) is 39.9 Å². The third-order valence-corrected chi connectivity index (χ3v) is 5.91. The van der Waals surface area contributed by atoms with E-state index in [-0.39, 0.29) is 12.2 Å². The Balaban J connectivity index is 1.26. The number of benzene rings is 1. The molecule has 2 atom stereocenters. The normalized spacial score (nSPS) is 22.5. The molecule has 2 aliphatic rings. The zero-order chi connectivity index (χ0) is 20.8. The van der Waals surface area contributed by atoms with Crippen LogP contribution in [-0.4, -0.2) is 72.7 Å². The van der Waals surface area contributed by atoms with E-state index in [2.05, 4.69) is 45.6 Å². The second-order valence-corrected chi connectivity index (χ2v) is 8.00. The topological polar surface area (TPSA) is 63.9 Å². The number of hydrogen-bond acceptors (Lipinski definition) is 4. The second kappa shape index (κ2) is 10.1. The second-order valence-electron chi connectivity index (χ2n) is 8.00. The van der Waals surface area contributed by atoms with Gasteiger partial charge in [0.15, 0.2) is 5.96 Å². The van der Waals surface area contributed by atoms with Crippen LogP contribution in [0.4, 0.5) is 0 Å². The Kier molecular flexibility index (Phi) is 7.02. The van der Waals surface area contributed by atoms with Gasteiger partial charge in [0.05, 0.1) is 24.1 Å². The molecule has 0 bridgehead atoms. The molecular weight excluding hydrogens is 378 g/mol. The van der Waals surface area contributed by atoms with E-state index >= 15 is 0 Å². The quantitative estimate of drug-likeness (QED) is 0.450. The van der Waals surface area contributed by atoms with Crippen LogP contribution in [-0.2, 0) is 15.9 Å². The summed E-state index contributed by atoms with van der Waals surface area (Å²) in [6, 6.07) is 10.3. The Bertz CT molecular complexity index is 829. The summed E-state index contributed by atoms with van der Waals surface area (Å²) in [5, 5.41) is 8.20. The lowest BCUT2D eigenvalue weighted by Crippen LogP contribution is -2.53. The molecule has 7 nitrogen and oxygen atoms in total. The highest BCUT2D eigenvalue weighted by Gasteiger charge is 2.32. The minimum Gasteiger partial charge on any atom is -0.375 e. The Labute approximate surface area is 179 Å². The molecule has 2 aliphatic heterocycles. The summed E-state index contributed by atoms with van der Waals surface area (Å²) in [7, 11) is 1.85. The van der Waals surface area contributed by atoms with Crippen molar-refractivity contribution in [2.24, 2.45) is 4.99 Å². The van der Waals surface area contributed by atoms with E-state index in [1.165, 1.54) is 5.56 Å². The number of nitrogens with one attached hydrogen (secondary N) is 1. The van der Waals surface area contributed by atoms with E-state index in [1.54, 1.807) is 0 Å². The number of nitrogens with zero attached hydrogens (tertiary/aromatic N) is 4. The summed E-state index contributed by atoms with van der Waals surface area (Å²) >= 11 is 0. The fourth-order valence-electron chi connectivity index (χ4n) is 4.25. The van der Waals surface area contributed by atoms with Crippen LogP contribution in [0.2, 0.25) is 0 Å². The molecule has 0 saturated carbocycles. The number of aliphatic imine (C=N–C) groups is 1. The molecular formula is C23H33N5O2. The molecule has 30 heavy (non-hydrogen) atoms. The fourth-order valence-corrected chi connectivity index (χ4v) is 4.25. The Hall–Kier alpha value is -2.38. The molecule has 2 fully saturated rings. The Morgan fingerprint density at radius 2 is 2.03 bits per heavy atom. The summed E-state index contributed by atoms with van der Waals surface area (Å²) in [4.78, 5) is 6.80. The predicted molar refractivity (Wildman–Crippen MR) is 118 cm³/mol. The van der Waals surface area contributed by atoms with Crippen LogP contribution in [0.3, 0.4) is 0 Å². The molecule has 0 aliphatic carbocycles. The predicted octanol–water partition coefficient (Wildman–Crippen LogP) is 2.57. The molecule has 2 unspecified atom stereocenters. The fraction of sp³-hybridized carbons (Fsp3) is 0.565. The molecule has 7 heteroatoms. The van der Waals surface area contributed by atoms with Crippen LogP contribution < -0.4 is 5.32 Å². The first-order chi connectivity index (χ1) is 14.7. The first kappa shape index (κ1) is 20.9. The van der Waals surface area contributed by atoms with Crippen molar-refractivity contribution in [1.29, 1.82) is 0 Å². The lowest BCUT2D eigenvalue weighted by molar-refractivity contribution is -0.0816. The molecule has 2 aromatic rings. The maximum Gasteiger partial charge on any atom is 0.193 e. The van der Waals surface area contributed by atoms with Crippen LogP contribution in [0.15, 0.2) is 41.5 Å². The number of hydrogen-bond donors (Lipinski definition) is 1. The number of guanidine groups is 1. The van der Waals surface area contributed by atoms with Crippen LogP contribution in [0, 0.1) is 6.92 Å². The monoisotopic (exact) mass is 411 g/mol. The molecule has 4 rings (SSSR count). The van der Waals surface area contributed by atoms with Gasteiger partial charge in [0.1, 0.15) is 6.10 Å². The van der Waals surface area contributed by atoms with Gasteiger partial charge in [-0.3, -0.25) is 4.99 Å². The molecule has 0 spiro atoms. The number of rotatable bonds is 6. The summed E-state index contributed by atoms with van der Waals surface area (Å²) in [5.74, 6) is 0.956. The van der Waals surface area contributed by atoms with Crippen molar-refractivity contribution < 1.29 is 9.47 Å². The van der Waals surface area contributed by atoms with Gasteiger partial charge < -0.3 is 19.7 Å². The van der Waals surface area contributed by atoms with Gasteiger partial charge in [-0.1, -0.05) is 18.2 Å². The van der Waals surface area contributed by atoms with E-state index in [9.17, 15) is 0 Å². The average Bonchev–Trinajstić information content (AvgIpc) is 3.45. The molecule has 0 radical (unpaired) electrons. The summed E-state index contributed by atoms with van der Waals surface area (Å²) in [6.45, 7) is 6.25. The largest absolute Gasteiger partial charge is 0.375 e. The SMILES string of the molecule is CN=C(NCCCc1cn(-c2ccccc2)nc1C)N1CCOC(C2CCCO2)C1. The van der Waals surface area contributed by atoms with Crippen LogP contribution >= 0.6 is 0 Å². The smallest absolute Gasteiger partial charge is 0.193 e. The van der Waals surface area contributed by atoms with Gasteiger partial charge in [-0.25, -0.2) is 4.68 Å². The molecule has 0 amide bonds. The highest BCUT2D eigenvalue weighted by molar-refractivity contribution is 5.80. The number of morpholine rings is 1. The molecule has 162 valence electrons. The number of ether oxygens (including phenoxy) is 2. The lowest BCUT2D eigenvalue weighted by atomic mass is 10.1.